The van der Waals surface area contributed by atoms with Gasteiger partial charge in [0.25, 0.3) is 0 Å². The van der Waals surface area contributed by atoms with Crippen LogP contribution in [-0.2, 0) is 21.2 Å². The van der Waals surface area contributed by atoms with Gasteiger partial charge in [-0.1, -0.05) is 24.3 Å². The molecule has 5 nitrogen and oxygen atoms in total. The van der Waals surface area contributed by atoms with Crippen molar-refractivity contribution < 1.29 is 17.6 Å². The van der Waals surface area contributed by atoms with Crippen LogP contribution < -0.4 is 5.32 Å². The van der Waals surface area contributed by atoms with Crippen molar-refractivity contribution >= 4 is 15.9 Å². The van der Waals surface area contributed by atoms with Crippen molar-refractivity contribution in [1.29, 1.82) is 0 Å². The smallest absolute Gasteiger partial charge is 0.243 e. The van der Waals surface area contributed by atoms with Crippen LogP contribution in [0.15, 0.2) is 53.4 Å². The maximum Gasteiger partial charge on any atom is 0.243 e. The fourth-order valence-electron chi connectivity index (χ4n) is 3.43. The number of hydrogen-bond acceptors (Lipinski definition) is 3. The number of likely N-dealkylation sites (N-methyl/N-ethyl adjacent to an activating group) is 1. The molecule has 0 saturated carbocycles. The maximum atomic E-state index is 13.0. The molecule has 2 aromatic carbocycles. The summed E-state index contributed by atoms with van der Waals surface area (Å²) in [7, 11) is -2.50. The molecule has 1 N–H and O–H groups in total. The molecule has 0 heterocycles. The molecule has 27 heavy (non-hydrogen) atoms. The van der Waals surface area contributed by atoms with Crippen molar-refractivity contribution in [3.05, 3.63) is 65.5 Å². The van der Waals surface area contributed by atoms with E-state index in [9.17, 15) is 17.6 Å². The number of sulfonamides is 1. The Labute approximate surface area is 159 Å². The van der Waals surface area contributed by atoms with Crippen LogP contribution in [0, 0.1) is 5.82 Å². The molecule has 0 bridgehead atoms. The first-order valence-electron chi connectivity index (χ1n) is 8.94. The van der Waals surface area contributed by atoms with E-state index in [1.54, 1.807) is 0 Å². The number of benzene rings is 2. The molecule has 1 aliphatic carbocycles. The van der Waals surface area contributed by atoms with E-state index in [1.165, 1.54) is 30.3 Å². The second-order valence-electron chi connectivity index (χ2n) is 6.81. The number of aryl methyl sites for hydroxylation is 1. The molecule has 0 aromatic heterocycles. The Kier molecular flexibility index (Phi) is 5.92. The number of nitrogens with one attached hydrogen (secondary N) is 1. The minimum Gasteiger partial charge on any atom is -0.354 e. The molecular weight excluding hydrogens is 367 g/mol. The second kappa shape index (κ2) is 8.19. The fraction of sp³-hybridized carbons (Fsp3) is 0.350. The van der Waals surface area contributed by atoms with E-state index in [-0.39, 0.29) is 23.3 Å². The third kappa shape index (κ3) is 4.54. The highest BCUT2D eigenvalue weighted by Gasteiger charge is 2.24. The number of nitrogens with zero attached hydrogens (tertiary/aromatic N) is 1. The highest BCUT2D eigenvalue weighted by molar-refractivity contribution is 7.89. The van der Waals surface area contributed by atoms with Crippen molar-refractivity contribution in [1.82, 2.24) is 9.62 Å². The molecule has 1 unspecified atom stereocenters. The van der Waals surface area contributed by atoms with E-state index in [0.29, 0.717) is 6.54 Å². The van der Waals surface area contributed by atoms with E-state index in [4.69, 9.17) is 0 Å². The Morgan fingerprint density at radius 2 is 1.89 bits per heavy atom. The SMILES string of the molecule is CN(CC(=O)NCC1CCCc2ccccc21)S(=O)(=O)c1ccc(F)cc1. The lowest BCUT2D eigenvalue weighted by molar-refractivity contribution is -0.121. The van der Waals surface area contributed by atoms with Crippen LogP contribution in [0.25, 0.3) is 0 Å². The molecule has 0 radical (unpaired) electrons. The van der Waals surface area contributed by atoms with E-state index in [2.05, 4.69) is 17.4 Å². The molecule has 0 saturated heterocycles. The van der Waals surface area contributed by atoms with Crippen LogP contribution in [-0.4, -0.2) is 38.8 Å². The van der Waals surface area contributed by atoms with Gasteiger partial charge in [-0.3, -0.25) is 4.79 Å². The average Bonchev–Trinajstić information content (AvgIpc) is 2.66. The van der Waals surface area contributed by atoms with Crippen LogP contribution >= 0.6 is 0 Å². The molecule has 3 rings (SSSR count). The summed E-state index contributed by atoms with van der Waals surface area (Å²) in [6, 6.07) is 12.8. The van der Waals surface area contributed by atoms with E-state index in [0.717, 1.165) is 35.7 Å². The topological polar surface area (TPSA) is 66.5 Å². The molecule has 1 amide bonds. The van der Waals surface area contributed by atoms with E-state index >= 15 is 0 Å². The van der Waals surface area contributed by atoms with Crippen LogP contribution in [0.2, 0.25) is 0 Å². The molecule has 1 aliphatic rings. The third-order valence-electron chi connectivity index (χ3n) is 4.93. The molecule has 1 atom stereocenters. The van der Waals surface area contributed by atoms with Gasteiger partial charge in [-0.05, 0) is 54.7 Å². The van der Waals surface area contributed by atoms with Gasteiger partial charge in [0, 0.05) is 19.5 Å². The normalized spacial score (nSPS) is 16.8. The number of halogens is 1. The molecule has 0 fully saturated rings. The highest BCUT2D eigenvalue weighted by Crippen LogP contribution is 2.30. The van der Waals surface area contributed by atoms with Crippen LogP contribution in [0.3, 0.4) is 0 Å². The van der Waals surface area contributed by atoms with Crippen molar-refractivity contribution in [2.24, 2.45) is 0 Å². The van der Waals surface area contributed by atoms with Crippen LogP contribution in [0.5, 0.6) is 0 Å². The van der Waals surface area contributed by atoms with Crippen molar-refractivity contribution in [3.8, 4) is 0 Å². The number of fused-ring (bicyclic) bond motifs is 1. The standard InChI is InChI=1S/C20H23FN2O3S/c1-23(27(25,26)18-11-9-17(21)10-12-18)14-20(24)22-13-16-7-4-6-15-5-2-3-8-19(15)16/h2-3,5,8-12,16H,4,6-7,13-14H2,1H3,(H,22,24). The van der Waals surface area contributed by atoms with Gasteiger partial charge >= 0.3 is 0 Å². The number of rotatable bonds is 6. The summed E-state index contributed by atoms with van der Waals surface area (Å²) in [5.41, 5.74) is 2.58. The van der Waals surface area contributed by atoms with Gasteiger partial charge in [0.15, 0.2) is 0 Å². The van der Waals surface area contributed by atoms with Crippen LogP contribution in [0.1, 0.15) is 29.9 Å². The minimum absolute atomic E-state index is 0.0413. The van der Waals surface area contributed by atoms with E-state index in [1.807, 2.05) is 12.1 Å². The number of carbonyl (C=O) groups excluding carboxylic acids is 1. The zero-order valence-electron chi connectivity index (χ0n) is 15.2. The number of amides is 1. The fourth-order valence-corrected chi connectivity index (χ4v) is 4.56. The second-order valence-corrected chi connectivity index (χ2v) is 8.85. The molecular formula is C20H23FN2O3S. The number of hydrogen-bond donors (Lipinski definition) is 1. The predicted molar refractivity (Wildman–Crippen MR) is 101 cm³/mol. The van der Waals surface area contributed by atoms with Crippen molar-refractivity contribution in [2.45, 2.75) is 30.1 Å². The first-order chi connectivity index (χ1) is 12.9. The molecule has 0 spiro atoms. The zero-order chi connectivity index (χ0) is 19.4. The lowest BCUT2D eigenvalue weighted by Crippen LogP contribution is -2.40. The maximum absolute atomic E-state index is 13.0. The van der Waals surface area contributed by atoms with Crippen molar-refractivity contribution in [3.63, 3.8) is 0 Å². The van der Waals surface area contributed by atoms with Gasteiger partial charge in [-0.2, -0.15) is 4.31 Å². The van der Waals surface area contributed by atoms with Crippen molar-refractivity contribution in [2.75, 3.05) is 20.1 Å². The monoisotopic (exact) mass is 390 g/mol. The summed E-state index contributed by atoms with van der Waals surface area (Å²) in [6.07, 6.45) is 3.14. The Morgan fingerprint density at radius 3 is 2.63 bits per heavy atom. The summed E-state index contributed by atoms with van der Waals surface area (Å²) in [4.78, 5) is 12.2. The predicted octanol–water partition coefficient (Wildman–Crippen LogP) is 2.68. The van der Waals surface area contributed by atoms with E-state index < -0.39 is 15.8 Å². The summed E-state index contributed by atoms with van der Waals surface area (Å²) in [5, 5.41) is 2.85. The van der Waals surface area contributed by atoms with Gasteiger partial charge < -0.3 is 5.32 Å². The molecule has 7 heteroatoms. The quantitative estimate of drug-likeness (QED) is 0.825. The van der Waals surface area contributed by atoms with Gasteiger partial charge in [-0.25, -0.2) is 12.8 Å². The zero-order valence-corrected chi connectivity index (χ0v) is 16.0. The van der Waals surface area contributed by atoms with Gasteiger partial charge in [0.1, 0.15) is 5.82 Å². The summed E-state index contributed by atoms with van der Waals surface area (Å²) >= 11 is 0. The largest absolute Gasteiger partial charge is 0.354 e. The Morgan fingerprint density at radius 1 is 1.19 bits per heavy atom. The van der Waals surface area contributed by atoms with Gasteiger partial charge in [0.05, 0.1) is 11.4 Å². The molecule has 144 valence electrons. The Bertz CT molecular complexity index is 913. The first-order valence-corrected chi connectivity index (χ1v) is 10.4. The number of carbonyl (C=O) groups is 1. The average molecular weight is 390 g/mol. The Hall–Kier alpha value is -2.25. The summed E-state index contributed by atoms with van der Waals surface area (Å²) < 4.78 is 38.9. The van der Waals surface area contributed by atoms with Gasteiger partial charge in [-0.15, -0.1) is 0 Å². The lowest BCUT2D eigenvalue weighted by atomic mass is 9.83. The van der Waals surface area contributed by atoms with Crippen LogP contribution in [0.4, 0.5) is 4.39 Å². The molecule has 2 aromatic rings. The minimum atomic E-state index is -3.84. The van der Waals surface area contributed by atoms with Gasteiger partial charge in [0.2, 0.25) is 15.9 Å². The summed E-state index contributed by atoms with van der Waals surface area (Å²) in [6.45, 7) is 0.203. The highest BCUT2D eigenvalue weighted by atomic mass is 32.2. The summed E-state index contributed by atoms with van der Waals surface area (Å²) in [5.74, 6) is -0.619. The first kappa shape index (κ1) is 19.5. The lowest BCUT2D eigenvalue weighted by Gasteiger charge is -2.26. The third-order valence-corrected chi connectivity index (χ3v) is 6.74. The Balaban J connectivity index is 1.59. The molecule has 0 aliphatic heterocycles.